The van der Waals surface area contributed by atoms with Crippen LogP contribution in [0.1, 0.15) is 27.7 Å². The van der Waals surface area contributed by atoms with Crippen molar-refractivity contribution in [3.05, 3.63) is 115 Å². The van der Waals surface area contributed by atoms with Gasteiger partial charge < -0.3 is 4.42 Å². The molecule has 152 valence electrons. The number of nitro benzene ring substituents is 1. The minimum absolute atomic E-state index is 0.0832. The number of non-ortho nitro benzene ring substituents is 1. The highest BCUT2D eigenvalue weighted by Gasteiger charge is 2.44. The van der Waals surface area contributed by atoms with Gasteiger partial charge >= 0.3 is 0 Å². The zero-order chi connectivity index (χ0) is 21.7. The van der Waals surface area contributed by atoms with E-state index in [1.54, 1.807) is 54.6 Å². The van der Waals surface area contributed by atoms with Crippen LogP contribution < -0.4 is 10.3 Å². The molecule has 0 aliphatic carbocycles. The van der Waals surface area contributed by atoms with Crippen LogP contribution in [0.2, 0.25) is 5.02 Å². The lowest BCUT2D eigenvalue weighted by atomic mass is 9.98. The van der Waals surface area contributed by atoms with E-state index in [1.165, 1.54) is 23.1 Å². The van der Waals surface area contributed by atoms with Crippen molar-refractivity contribution >= 4 is 39.9 Å². The number of benzene rings is 3. The molecule has 2 heterocycles. The van der Waals surface area contributed by atoms with E-state index in [1.807, 2.05) is 0 Å². The van der Waals surface area contributed by atoms with Crippen LogP contribution in [-0.4, -0.2) is 10.8 Å². The van der Waals surface area contributed by atoms with Crippen LogP contribution in [0.15, 0.2) is 82.0 Å². The topological polar surface area (TPSA) is 93.7 Å². The molecule has 31 heavy (non-hydrogen) atoms. The van der Waals surface area contributed by atoms with Crippen LogP contribution >= 0.6 is 11.6 Å². The Bertz CT molecular complexity index is 1450. The predicted octanol–water partition coefficient (Wildman–Crippen LogP) is 5.10. The molecule has 1 aromatic heterocycles. The van der Waals surface area contributed by atoms with Crippen LogP contribution in [0.5, 0.6) is 0 Å². The molecule has 0 radical (unpaired) electrons. The average molecular weight is 433 g/mol. The molecule has 7 nitrogen and oxygen atoms in total. The number of nitro groups is 1. The van der Waals surface area contributed by atoms with Gasteiger partial charge in [-0.15, -0.1) is 0 Å². The number of hydrogen-bond acceptors (Lipinski definition) is 5. The molecule has 3 aromatic carbocycles. The first-order chi connectivity index (χ1) is 15.0. The molecule has 0 fully saturated rings. The lowest BCUT2D eigenvalue weighted by Crippen LogP contribution is -2.29. The van der Waals surface area contributed by atoms with Crippen LogP contribution in [0.3, 0.4) is 0 Å². The van der Waals surface area contributed by atoms with Crippen LogP contribution in [-0.2, 0) is 0 Å². The number of carbonyl (C=O) groups excluding carboxylic acids is 1. The second kappa shape index (κ2) is 7.07. The van der Waals surface area contributed by atoms with Gasteiger partial charge in [0.05, 0.1) is 21.9 Å². The Hall–Kier alpha value is -3.97. The van der Waals surface area contributed by atoms with E-state index in [4.69, 9.17) is 16.0 Å². The summed E-state index contributed by atoms with van der Waals surface area (Å²) in [7, 11) is 0. The summed E-state index contributed by atoms with van der Waals surface area (Å²) in [6.45, 7) is 0. The molecular weight excluding hydrogens is 420 g/mol. The Morgan fingerprint density at radius 2 is 1.74 bits per heavy atom. The van der Waals surface area contributed by atoms with E-state index in [0.717, 1.165) is 0 Å². The highest BCUT2D eigenvalue weighted by Crippen LogP contribution is 2.42. The van der Waals surface area contributed by atoms with Crippen molar-refractivity contribution in [2.24, 2.45) is 0 Å². The minimum Gasteiger partial charge on any atom is -0.450 e. The molecule has 1 amide bonds. The number of fused-ring (bicyclic) bond motifs is 2. The molecule has 0 bridgehead atoms. The van der Waals surface area contributed by atoms with Crippen LogP contribution in [0.25, 0.3) is 11.0 Å². The van der Waals surface area contributed by atoms with Gasteiger partial charge in [0.2, 0.25) is 5.76 Å². The van der Waals surface area contributed by atoms with E-state index in [9.17, 15) is 19.7 Å². The van der Waals surface area contributed by atoms with E-state index in [-0.39, 0.29) is 22.4 Å². The van der Waals surface area contributed by atoms with Gasteiger partial charge in [-0.1, -0.05) is 41.9 Å². The molecular formula is C23H13ClN2O5. The Labute approximate surface area is 180 Å². The number of halogens is 1. The molecule has 1 unspecified atom stereocenters. The van der Waals surface area contributed by atoms with E-state index >= 15 is 0 Å². The van der Waals surface area contributed by atoms with Crippen molar-refractivity contribution in [1.29, 1.82) is 0 Å². The summed E-state index contributed by atoms with van der Waals surface area (Å²) >= 11 is 6.15. The van der Waals surface area contributed by atoms with Gasteiger partial charge in [0.15, 0.2) is 5.43 Å². The lowest BCUT2D eigenvalue weighted by Gasteiger charge is -2.25. The van der Waals surface area contributed by atoms with E-state index < -0.39 is 16.9 Å². The maximum atomic E-state index is 13.4. The number of amides is 1. The summed E-state index contributed by atoms with van der Waals surface area (Å²) in [5.41, 5.74) is 0.808. The molecule has 0 N–H and O–H groups in total. The number of hydrogen-bond donors (Lipinski definition) is 0. The van der Waals surface area contributed by atoms with Gasteiger partial charge in [-0.2, -0.15) is 0 Å². The minimum atomic E-state index is -0.901. The maximum absolute atomic E-state index is 13.4. The smallest absolute Gasteiger partial charge is 0.295 e. The molecule has 1 aliphatic rings. The SMILES string of the molecule is O=C1c2oc3ccccc3c(=O)c2C(c2cccc([N+](=O)[O-])c2)N1c1cccc(Cl)c1. The molecule has 1 aliphatic heterocycles. The predicted molar refractivity (Wildman–Crippen MR) is 116 cm³/mol. The number of anilines is 1. The Morgan fingerprint density at radius 1 is 0.968 bits per heavy atom. The van der Waals surface area contributed by atoms with Gasteiger partial charge in [0.1, 0.15) is 5.58 Å². The van der Waals surface area contributed by atoms with Crippen molar-refractivity contribution in [3.63, 3.8) is 0 Å². The average Bonchev–Trinajstić information content (AvgIpc) is 3.07. The van der Waals surface area contributed by atoms with Crippen molar-refractivity contribution in [2.45, 2.75) is 6.04 Å². The zero-order valence-corrected chi connectivity index (χ0v) is 16.6. The molecule has 8 heteroatoms. The molecule has 4 aromatic rings. The van der Waals surface area contributed by atoms with Crippen molar-refractivity contribution in [2.75, 3.05) is 4.90 Å². The highest BCUT2D eigenvalue weighted by atomic mass is 35.5. The van der Waals surface area contributed by atoms with Crippen LogP contribution in [0.4, 0.5) is 11.4 Å². The first-order valence-corrected chi connectivity index (χ1v) is 9.73. The number of para-hydroxylation sites is 1. The summed E-state index contributed by atoms with van der Waals surface area (Å²) in [5, 5.41) is 12.1. The molecule has 5 rings (SSSR count). The molecule has 1 atom stereocenters. The Balaban J connectivity index is 1.83. The van der Waals surface area contributed by atoms with E-state index in [0.29, 0.717) is 27.2 Å². The van der Waals surface area contributed by atoms with Crippen molar-refractivity contribution in [3.8, 4) is 0 Å². The molecule has 0 spiro atoms. The lowest BCUT2D eigenvalue weighted by molar-refractivity contribution is -0.384. The number of rotatable bonds is 3. The fraction of sp³-hybridized carbons (Fsp3) is 0.0435. The van der Waals surface area contributed by atoms with Crippen molar-refractivity contribution < 1.29 is 14.1 Å². The largest absolute Gasteiger partial charge is 0.450 e. The first-order valence-electron chi connectivity index (χ1n) is 9.35. The maximum Gasteiger partial charge on any atom is 0.295 e. The highest BCUT2D eigenvalue weighted by molar-refractivity contribution is 6.31. The van der Waals surface area contributed by atoms with Gasteiger partial charge in [0, 0.05) is 22.8 Å². The number of carbonyl (C=O) groups is 1. The van der Waals surface area contributed by atoms with Gasteiger partial charge in [-0.25, -0.2) is 0 Å². The van der Waals surface area contributed by atoms with Crippen LogP contribution in [0, 0.1) is 10.1 Å². The van der Waals surface area contributed by atoms with Crippen molar-refractivity contribution in [1.82, 2.24) is 0 Å². The summed E-state index contributed by atoms with van der Waals surface area (Å²) in [6.07, 6.45) is 0. The third-order valence-electron chi connectivity index (χ3n) is 5.26. The van der Waals surface area contributed by atoms with Gasteiger partial charge in [-0.05, 0) is 35.9 Å². The third kappa shape index (κ3) is 2.98. The Kier molecular flexibility index (Phi) is 4.34. The zero-order valence-electron chi connectivity index (χ0n) is 15.8. The normalized spacial score (nSPS) is 15.3. The fourth-order valence-corrected chi connectivity index (χ4v) is 4.12. The quantitative estimate of drug-likeness (QED) is 0.331. The Morgan fingerprint density at radius 3 is 2.52 bits per heavy atom. The monoisotopic (exact) mass is 432 g/mol. The molecule has 0 saturated heterocycles. The third-order valence-corrected chi connectivity index (χ3v) is 5.50. The van der Waals surface area contributed by atoms with E-state index in [2.05, 4.69) is 0 Å². The van der Waals surface area contributed by atoms with Gasteiger partial charge in [-0.3, -0.25) is 24.6 Å². The summed E-state index contributed by atoms with van der Waals surface area (Å²) < 4.78 is 5.85. The summed E-state index contributed by atoms with van der Waals surface area (Å²) in [5.74, 6) is -0.600. The second-order valence-electron chi connectivity index (χ2n) is 7.08. The first kappa shape index (κ1) is 19.0. The standard InChI is InChI=1S/C23H13ClN2O5/c24-14-6-4-7-15(12-14)25-20(13-5-3-8-16(11-13)26(29)30)19-21(27)17-9-1-2-10-18(17)31-22(19)23(25)28/h1-12,20H. The molecule has 0 saturated carbocycles. The second-order valence-corrected chi connectivity index (χ2v) is 7.52. The fourth-order valence-electron chi connectivity index (χ4n) is 3.94. The van der Waals surface area contributed by atoms with Gasteiger partial charge in [0.25, 0.3) is 11.6 Å². The number of nitrogens with zero attached hydrogens (tertiary/aromatic N) is 2. The summed E-state index contributed by atoms with van der Waals surface area (Å²) in [6, 6.07) is 18.3. The summed E-state index contributed by atoms with van der Waals surface area (Å²) in [4.78, 5) is 39.0.